The zero-order valence-electron chi connectivity index (χ0n) is 13.2. The van der Waals surface area contributed by atoms with Crippen LogP contribution in [0.1, 0.15) is 51.7 Å². The van der Waals surface area contributed by atoms with Crippen molar-refractivity contribution in [3.8, 4) is 17.2 Å². The SMILES string of the molecule is CCOc1cc(C(O)CC2CC2)cc(OCC)c1OCC. The number of ether oxygens (including phenoxy) is 3. The summed E-state index contributed by atoms with van der Waals surface area (Å²) in [5.74, 6) is 2.59. The van der Waals surface area contributed by atoms with Gasteiger partial charge in [-0.3, -0.25) is 0 Å². The highest BCUT2D eigenvalue weighted by Gasteiger charge is 2.26. The fraction of sp³-hybridized carbons (Fsp3) is 0.647. The molecule has 1 aromatic rings. The van der Waals surface area contributed by atoms with E-state index in [2.05, 4.69) is 0 Å². The summed E-state index contributed by atoms with van der Waals surface area (Å²) in [6.45, 7) is 7.44. The first kappa shape index (κ1) is 16.0. The van der Waals surface area contributed by atoms with Crippen molar-refractivity contribution in [2.75, 3.05) is 19.8 Å². The molecule has 0 radical (unpaired) electrons. The molecule has 21 heavy (non-hydrogen) atoms. The fourth-order valence-corrected chi connectivity index (χ4v) is 2.41. The van der Waals surface area contributed by atoms with Crippen LogP contribution < -0.4 is 14.2 Å². The molecule has 0 aliphatic heterocycles. The van der Waals surface area contributed by atoms with E-state index in [0.717, 1.165) is 12.0 Å². The summed E-state index contributed by atoms with van der Waals surface area (Å²) in [5, 5.41) is 10.4. The molecule has 0 heterocycles. The lowest BCUT2D eigenvalue weighted by Gasteiger charge is -2.19. The molecule has 118 valence electrons. The third-order valence-corrected chi connectivity index (χ3v) is 3.57. The molecule has 2 rings (SSSR count). The van der Waals surface area contributed by atoms with Gasteiger partial charge in [0.1, 0.15) is 0 Å². The summed E-state index contributed by atoms with van der Waals surface area (Å²) in [6, 6.07) is 3.76. The molecule has 0 saturated heterocycles. The largest absolute Gasteiger partial charge is 0.490 e. The van der Waals surface area contributed by atoms with Crippen LogP contribution >= 0.6 is 0 Å². The minimum absolute atomic E-state index is 0.466. The molecule has 1 N–H and O–H groups in total. The molecule has 1 fully saturated rings. The number of rotatable bonds is 9. The smallest absolute Gasteiger partial charge is 0.203 e. The van der Waals surface area contributed by atoms with Gasteiger partial charge in [0.25, 0.3) is 0 Å². The molecule has 1 unspecified atom stereocenters. The summed E-state index contributed by atoms with van der Waals surface area (Å²) >= 11 is 0. The van der Waals surface area contributed by atoms with Gasteiger partial charge in [0.15, 0.2) is 11.5 Å². The van der Waals surface area contributed by atoms with Gasteiger partial charge in [-0.15, -0.1) is 0 Å². The summed E-state index contributed by atoms with van der Waals surface area (Å²) in [4.78, 5) is 0. The predicted molar refractivity (Wildman–Crippen MR) is 82.2 cm³/mol. The first-order valence-corrected chi connectivity index (χ1v) is 7.93. The van der Waals surface area contributed by atoms with Crippen LogP contribution in [0.3, 0.4) is 0 Å². The van der Waals surface area contributed by atoms with Crippen molar-refractivity contribution in [3.05, 3.63) is 17.7 Å². The average Bonchev–Trinajstić information content (AvgIpc) is 3.26. The average molecular weight is 294 g/mol. The van der Waals surface area contributed by atoms with Gasteiger partial charge in [-0.25, -0.2) is 0 Å². The first-order chi connectivity index (χ1) is 10.2. The second-order valence-corrected chi connectivity index (χ2v) is 5.34. The Kier molecular flexibility index (Phi) is 5.74. The van der Waals surface area contributed by atoms with E-state index in [0.29, 0.717) is 43.0 Å². The molecular formula is C17H26O4. The molecule has 4 nitrogen and oxygen atoms in total. The van der Waals surface area contributed by atoms with Gasteiger partial charge in [0.2, 0.25) is 5.75 Å². The standard InChI is InChI=1S/C17H26O4/c1-4-19-15-10-13(14(18)9-12-7-8-12)11-16(20-5-2)17(15)21-6-3/h10-12,14,18H,4-9H2,1-3H3. The predicted octanol–water partition coefficient (Wildman–Crippen LogP) is 3.72. The van der Waals surface area contributed by atoms with Crippen molar-refractivity contribution >= 4 is 0 Å². The van der Waals surface area contributed by atoms with E-state index >= 15 is 0 Å². The maximum absolute atomic E-state index is 10.4. The molecule has 1 aliphatic rings. The summed E-state index contributed by atoms with van der Waals surface area (Å²) in [5.41, 5.74) is 0.845. The molecule has 4 heteroatoms. The maximum atomic E-state index is 10.4. The quantitative estimate of drug-likeness (QED) is 0.754. The first-order valence-electron chi connectivity index (χ1n) is 7.93. The Bertz CT molecular complexity index is 427. The van der Waals surface area contributed by atoms with Gasteiger partial charge in [0, 0.05) is 0 Å². The molecule has 1 atom stereocenters. The molecule has 1 aliphatic carbocycles. The third-order valence-electron chi connectivity index (χ3n) is 3.57. The molecule has 1 aromatic carbocycles. The second-order valence-electron chi connectivity index (χ2n) is 5.34. The van der Waals surface area contributed by atoms with Crippen molar-refractivity contribution in [2.45, 2.75) is 46.1 Å². The molecular weight excluding hydrogens is 268 g/mol. The van der Waals surface area contributed by atoms with Crippen molar-refractivity contribution in [1.82, 2.24) is 0 Å². The fourth-order valence-electron chi connectivity index (χ4n) is 2.41. The maximum Gasteiger partial charge on any atom is 0.203 e. The Hall–Kier alpha value is -1.42. The van der Waals surface area contributed by atoms with E-state index < -0.39 is 6.10 Å². The van der Waals surface area contributed by atoms with Crippen LogP contribution in [0.4, 0.5) is 0 Å². The van der Waals surface area contributed by atoms with Gasteiger partial charge in [-0.2, -0.15) is 0 Å². The Labute approximate surface area is 127 Å². The lowest BCUT2D eigenvalue weighted by Crippen LogP contribution is -2.06. The minimum Gasteiger partial charge on any atom is -0.490 e. The lowest BCUT2D eigenvalue weighted by molar-refractivity contribution is 0.158. The molecule has 0 bridgehead atoms. The number of aliphatic hydroxyl groups is 1. The van der Waals surface area contributed by atoms with Crippen molar-refractivity contribution in [1.29, 1.82) is 0 Å². The van der Waals surface area contributed by atoms with Gasteiger partial charge in [-0.1, -0.05) is 12.8 Å². The highest BCUT2D eigenvalue weighted by Crippen LogP contribution is 2.43. The van der Waals surface area contributed by atoms with Crippen LogP contribution in [-0.4, -0.2) is 24.9 Å². The van der Waals surface area contributed by atoms with Crippen LogP contribution in [0.15, 0.2) is 12.1 Å². The van der Waals surface area contributed by atoms with Crippen LogP contribution in [0.2, 0.25) is 0 Å². The number of hydrogen-bond donors (Lipinski definition) is 1. The third kappa shape index (κ3) is 4.27. The van der Waals surface area contributed by atoms with Crippen molar-refractivity contribution in [3.63, 3.8) is 0 Å². The normalized spacial score (nSPS) is 15.6. The lowest BCUT2D eigenvalue weighted by atomic mass is 10.0. The van der Waals surface area contributed by atoms with Gasteiger partial charge < -0.3 is 19.3 Å². The Morgan fingerprint density at radius 2 is 1.52 bits per heavy atom. The monoisotopic (exact) mass is 294 g/mol. The summed E-state index contributed by atoms with van der Waals surface area (Å²) in [6.07, 6.45) is 2.80. The molecule has 0 spiro atoms. The number of hydrogen-bond acceptors (Lipinski definition) is 4. The molecule has 0 amide bonds. The van der Waals surface area contributed by atoms with Crippen molar-refractivity contribution in [2.24, 2.45) is 5.92 Å². The van der Waals surface area contributed by atoms with Crippen LogP contribution in [-0.2, 0) is 0 Å². The summed E-state index contributed by atoms with van der Waals surface area (Å²) < 4.78 is 17.0. The van der Waals surface area contributed by atoms with Crippen LogP contribution in [0.25, 0.3) is 0 Å². The Balaban J connectivity index is 2.31. The number of aliphatic hydroxyl groups excluding tert-OH is 1. The van der Waals surface area contributed by atoms with E-state index in [1.807, 2.05) is 32.9 Å². The van der Waals surface area contributed by atoms with Crippen LogP contribution in [0.5, 0.6) is 17.2 Å². The molecule has 0 aromatic heterocycles. The van der Waals surface area contributed by atoms with E-state index in [9.17, 15) is 5.11 Å². The van der Waals surface area contributed by atoms with E-state index in [-0.39, 0.29) is 0 Å². The van der Waals surface area contributed by atoms with E-state index in [4.69, 9.17) is 14.2 Å². The van der Waals surface area contributed by atoms with E-state index in [1.54, 1.807) is 0 Å². The topological polar surface area (TPSA) is 47.9 Å². The second kappa shape index (κ2) is 7.55. The zero-order valence-corrected chi connectivity index (χ0v) is 13.2. The van der Waals surface area contributed by atoms with Gasteiger partial charge >= 0.3 is 0 Å². The Morgan fingerprint density at radius 3 is 1.95 bits per heavy atom. The van der Waals surface area contributed by atoms with E-state index in [1.165, 1.54) is 12.8 Å². The molecule has 1 saturated carbocycles. The number of benzene rings is 1. The summed E-state index contributed by atoms with van der Waals surface area (Å²) in [7, 11) is 0. The highest BCUT2D eigenvalue weighted by molar-refractivity contribution is 5.54. The van der Waals surface area contributed by atoms with Crippen LogP contribution in [0, 0.1) is 5.92 Å². The zero-order chi connectivity index (χ0) is 15.2. The Morgan fingerprint density at radius 1 is 1.00 bits per heavy atom. The minimum atomic E-state index is -0.466. The van der Waals surface area contributed by atoms with Gasteiger partial charge in [-0.05, 0) is 50.8 Å². The highest BCUT2D eigenvalue weighted by atomic mass is 16.5. The van der Waals surface area contributed by atoms with Gasteiger partial charge in [0.05, 0.1) is 25.9 Å². The van der Waals surface area contributed by atoms with Crippen molar-refractivity contribution < 1.29 is 19.3 Å².